The van der Waals surface area contributed by atoms with Gasteiger partial charge in [-0.1, -0.05) is 42.0 Å². The SMILES string of the molecule is Cc1ccc(N)c(C(C)(O)c2ccccc2C)c1. The van der Waals surface area contributed by atoms with Gasteiger partial charge in [0, 0.05) is 11.3 Å². The normalized spacial score (nSPS) is 14.2. The number of aryl methyl sites for hydroxylation is 2. The first-order valence-corrected chi connectivity index (χ1v) is 6.08. The highest BCUT2D eigenvalue weighted by molar-refractivity contribution is 5.55. The monoisotopic (exact) mass is 241 g/mol. The molecule has 0 saturated heterocycles. The Labute approximate surface area is 108 Å². The summed E-state index contributed by atoms with van der Waals surface area (Å²) in [5, 5.41) is 10.9. The molecule has 94 valence electrons. The summed E-state index contributed by atoms with van der Waals surface area (Å²) in [4.78, 5) is 0. The fourth-order valence-corrected chi connectivity index (χ4v) is 2.36. The first kappa shape index (κ1) is 12.7. The van der Waals surface area contributed by atoms with Crippen molar-refractivity contribution < 1.29 is 5.11 Å². The Hall–Kier alpha value is -1.80. The van der Waals surface area contributed by atoms with Gasteiger partial charge in [0.2, 0.25) is 0 Å². The number of nitrogen functional groups attached to an aromatic ring is 1. The Morgan fingerprint density at radius 3 is 2.33 bits per heavy atom. The van der Waals surface area contributed by atoms with Gasteiger partial charge in [-0.3, -0.25) is 0 Å². The largest absolute Gasteiger partial charge is 0.398 e. The van der Waals surface area contributed by atoms with Crippen LogP contribution in [0.5, 0.6) is 0 Å². The third-order valence-electron chi connectivity index (χ3n) is 3.40. The van der Waals surface area contributed by atoms with E-state index in [9.17, 15) is 5.11 Å². The lowest BCUT2D eigenvalue weighted by Gasteiger charge is -2.28. The molecule has 0 fully saturated rings. The number of hydrogen-bond acceptors (Lipinski definition) is 2. The highest BCUT2D eigenvalue weighted by Crippen LogP contribution is 2.34. The molecule has 0 radical (unpaired) electrons. The standard InChI is InChI=1S/C16H19NO/c1-11-8-9-15(17)14(10-11)16(3,18)13-7-5-4-6-12(13)2/h4-10,18H,17H2,1-3H3. The van der Waals surface area contributed by atoms with Crippen LogP contribution in [0.3, 0.4) is 0 Å². The van der Waals surface area contributed by atoms with Gasteiger partial charge >= 0.3 is 0 Å². The minimum absolute atomic E-state index is 0.619. The fraction of sp³-hybridized carbons (Fsp3) is 0.250. The molecule has 0 aliphatic heterocycles. The van der Waals surface area contributed by atoms with Crippen LogP contribution in [0.1, 0.15) is 29.2 Å². The van der Waals surface area contributed by atoms with E-state index >= 15 is 0 Å². The van der Waals surface area contributed by atoms with Gasteiger partial charge in [0.05, 0.1) is 0 Å². The smallest absolute Gasteiger partial charge is 0.114 e. The minimum atomic E-state index is -1.07. The Morgan fingerprint density at radius 2 is 1.67 bits per heavy atom. The lowest BCUT2D eigenvalue weighted by Crippen LogP contribution is -2.25. The van der Waals surface area contributed by atoms with E-state index in [4.69, 9.17) is 5.73 Å². The Kier molecular flexibility index (Phi) is 3.14. The summed E-state index contributed by atoms with van der Waals surface area (Å²) in [7, 11) is 0. The van der Waals surface area contributed by atoms with E-state index in [2.05, 4.69) is 0 Å². The van der Waals surface area contributed by atoms with Crippen LogP contribution in [-0.4, -0.2) is 5.11 Å². The predicted octanol–water partition coefficient (Wildman–Crippen LogP) is 3.14. The molecule has 0 spiro atoms. The van der Waals surface area contributed by atoms with Crippen molar-refractivity contribution in [1.82, 2.24) is 0 Å². The summed E-state index contributed by atoms with van der Waals surface area (Å²) in [5.74, 6) is 0. The number of hydrogen-bond donors (Lipinski definition) is 2. The summed E-state index contributed by atoms with van der Waals surface area (Å²) >= 11 is 0. The number of benzene rings is 2. The van der Waals surface area contributed by atoms with Gasteiger partial charge in [-0.15, -0.1) is 0 Å². The number of aliphatic hydroxyl groups is 1. The van der Waals surface area contributed by atoms with E-state index in [0.29, 0.717) is 5.69 Å². The molecular formula is C16H19NO. The maximum absolute atomic E-state index is 10.9. The second-order valence-electron chi connectivity index (χ2n) is 4.98. The molecule has 0 aliphatic rings. The topological polar surface area (TPSA) is 46.2 Å². The van der Waals surface area contributed by atoms with Crippen LogP contribution in [0.4, 0.5) is 5.69 Å². The van der Waals surface area contributed by atoms with Crippen molar-refractivity contribution in [2.75, 3.05) is 5.73 Å². The average molecular weight is 241 g/mol. The molecule has 0 heterocycles. The minimum Gasteiger partial charge on any atom is -0.398 e. The third kappa shape index (κ3) is 2.12. The molecule has 0 saturated carbocycles. The van der Waals surface area contributed by atoms with E-state index in [1.54, 1.807) is 6.92 Å². The maximum Gasteiger partial charge on any atom is 0.114 e. The molecule has 2 rings (SSSR count). The van der Waals surface area contributed by atoms with Crippen molar-refractivity contribution >= 4 is 5.69 Å². The van der Waals surface area contributed by atoms with Crippen molar-refractivity contribution in [3.63, 3.8) is 0 Å². The van der Waals surface area contributed by atoms with Gasteiger partial charge in [-0.2, -0.15) is 0 Å². The summed E-state index contributed by atoms with van der Waals surface area (Å²) in [6.45, 7) is 5.78. The van der Waals surface area contributed by atoms with Crippen LogP contribution in [0, 0.1) is 13.8 Å². The van der Waals surface area contributed by atoms with Crippen LogP contribution in [-0.2, 0) is 5.60 Å². The van der Waals surface area contributed by atoms with Gasteiger partial charge in [-0.25, -0.2) is 0 Å². The first-order valence-electron chi connectivity index (χ1n) is 6.08. The van der Waals surface area contributed by atoms with E-state index in [1.807, 2.05) is 56.3 Å². The average Bonchev–Trinajstić information content (AvgIpc) is 2.32. The molecule has 0 amide bonds. The van der Waals surface area contributed by atoms with E-state index < -0.39 is 5.60 Å². The van der Waals surface area contributed by atoms with Crippen LogP contribution in [0.15, 0.2) is 42.5 Å². The van der Waals surface area contributed by atoms with Crippen molar-refractivity contribution in [2.24, 2.45) is 0 Å². The Balaban J connectivity index is 2.61. The van der Waals surface area contributed by atoms with Gasteiger partial charge in [0.1, 0.15) is 5.60 Å². The maximum atomic E-state index is 10.9. The quantitative estimate of drug-likeness (QED) is 0.793. The van der Waals surface area contributed by atoms with E-state index in [1.165, 1.54) is 0 Å². The molecule has 0 aliphatic carbocycles. The van der Waals surface area contributed by atoms with Crippen LogP contribution >= 0.6 is 0 Å². The van der Waals surface area contributed by atoms with Crippen molar-refractivity contribution in [3.8, 4) is 0 Å². The second kappa shape index (κ2) is 4.46. The third-order valence-corrected chi connectivity index (χ3v) is 3.40. The molecule has 2 aromatic carbocycles. The van der Waals surface area contributed by atoms with Crippen molar-refractivity contribution in [1.29, 1.82) is 0 Å². The van der Waals surface area contributed by atoms with Gasteiger partial charge < -0.3 is 10.8 Å². The van der Waals surface area contributed by atoms with Crippen molar-refractivity contribution in [2.45, 2.75) is 26.4 Å². The molecule has 0 aromatic heterocycles. The van der Waals surface area contributed by atoms with Gasteiger partial charge in [-0.05, 0) is 38.0 Å². The molecular weight excluding hydrogens is 222 g/mol. The molecule has 1 atom stereocenters. The Morgan fingerprint density at radius 1 is 1.00 bits per heavy atom. The number of rotatable bonds is 2. The van der Waals surface area contributed by atoms with Crippen LogP contribution in [0.2, 0.25) is 0 Å². The zero-order valence-electron chi connectivity index (χ0n) is 11.1. The van der Waals surface area contributed by atoms with Gasteiger partial charge in [0.25, 0.3) is 0 Å². The molecule has 2 aromatic rings. The zero-order chi connectivity index (χ0) is 13.3. The lowest BCUT2D eigenvalue weighted by molar-refractivity contribution is 0.102. The first-order chi connectivity index (χ1) is 8.43. The predicted molar refractivity (Wildman–Crippen MR) is 75.4 cm³/mol. The van der Waals surface area contributed by atoms with E-state index in [-0.39, 0.29) is 0 Å². The molecule has 18 heavy (non-hydrogen) atoms. The second-order valence-corrected chi connectivity index (χ2v) is 4.98. The van der Waals surface area contributed by atoms with Crippen LogP contribution in [0.25, 0.3) is 0 Å². The lowest BCUT2D eigenvalue weighted by atomic mass is 9.84. The molecule has 2 nitrogen and oxygen atoms in total. The summed E-state index contributed by atoms with van der Waals surface area (Å²) in [6.07, 6.45) is 0. The summed E-state index contributed by atoms with van der Waals surface area (Å²) in [6, 6.07) is 13.6. The van der Waals surface area contributed by atoms with Crippen LogP contribution < -0.4 is 5.73 Å². The number of nitrogens with two attached hydrogens (primary N) is 1. The summed E-state index contributed by atoms with van der Waals surface area (Å²) in [5.41, 5.74) is 9.36. The molecule has 1 unspecified atom stereocenters. The van der Waals surface area contributed by atoms with Gasteiger partial charge in [0.15, 0.2) is 0 Å². The van der Waals surface area contributed by atoms with E-state index in [0.717, 1.165) is 22.3 Å². The highest BCUT2D eigenvalue weighted by Gasteiger charge is 2.29. The fourth-order valence-electron chi connectivity index (χ4n) is 2.36. The molecule has 0 bridgehead atoms. The highest BCUT2D eigenvalue weighted by atomic mass is 16.3. The van der Waals surface area contributed by atoms with Crippen molar-refractivity contribution in [3.05, 3.63) is 64.7 Å². The summed E-state index contributed by atoms with van der Waals surface area (Å²) < 4.78 is 0. The number of anilines is 1. The molecule has 2 heteroatoms. The molecule has 3 N–H and O–H groups in total. The zero-order valence-corrected chi connectivity index (χ0v) is 11.1. The Bertz CT molecular complexity index is 573.